The zero-order valence-electron chi connectivity index (χ0n) is 16.8. The molecular formula is C24H29FNOS+. The van der Waals surface area contributed by atoms with Gasteiger partial charge in [-0.25, -0.2) is 4.39 Å². The van der Waals surface area contributed by atoms with Crippen molar-refractivity contribution in [2.75, 3.05) is 6.54 Å². The molecule has 1 heterocycles. The first kappa shape index (κ1) is 20.6. The number of rotatable bonds is 9. The molecular weight excluding hydrogens is 369 g/mol. The van der Waals surface area contributed by atoms with Gasteiger partial charge in [0.1, 0.15) is 17.6 Å². The normalized spacial score (nSPS) is 13.5. The van der Waals surface area contributed by atoms with Crippen LogP contribution >= 0.6 is 11.3 Å². The Labute approximate surface area is 171 Å². The van der Waals surface area contributed by atoms with Crippen molar-refractivity contribution in [3.63, 3.8) is 0 Å². The van der Waals surface area contributed by atoms with E-state index in [-0.39, 0.29) is 17.8 Å². The number of ether oxygens (including phenoxy) is 1. The Morgan fingerprint density at radius 1 is 0.929 bits per heavy atom. The predicted octanol–water partition coefficient (Wildman–Crippen LogP) is 5.52. The summed E-state index contributed by atoms with van der Waals surface area (Å²) in [5.41, 5.74) is 2.39. The minimum Gasteiger partial charge on any atom is -0.491 e. The summed E-state index contributed by atoms with van der Waals surface area (Å²) in [6.45, 7) is 7.31. The Morgan fingerprint density at radius 2 is 1.57 bits per heavy atom. The van der Waals surface area contributed by atoms with Crippen LogP contribution in [0.3, 0.4) is 0 Å². The van der Waals surface area contributed by atoms with Crippen molar-refractivity contribution >= 4 is 11.3 Å². The lowest BCUT2D eigenvalue weighted by atomic mass is 9.88. The van der Waals surface area contributed by atoms with E-state index in [0.29, 0.717) is 6.04 Å². The first-order valence-electron chi connectivity index (χ1n) is 9.91. The fraction of sp³-hybridized carbons (Fsp3) is 0.333. The van der Waals surface area contributed by atoms with Crippen LogP contribution in [-0.4, -0.2) is 12.6 Å². The lowest BCUT2D eigenvalue weighted by Crippen LogP contribution is -2.84. The maximum Gasteiger partial charge on any atom is 0.123 e. The van der Waals surface area contributed by atoms with Crippen molar-refractivity contribution in [1.82, 2.24) is 0 Å². The SMILES string of the molecule is CC(C)Oc1ccc([C@@H](CC[NH2+][C@H](C)c2cccs2)c2ccc(F)cc2)cc1. The second-order valence-corrected chi connectivity index (χ2v) is 8.44. The van der Waals surface area contributed by atoms with Crippen molar-refractivity contribution in [3.05, 3.63) is 87.9 Å². The fourth-order valence-electron chi connectivity index (χ4n) is 3.45. The molecule has 3 rings (SSSR count). The highest BCUT2D eigenvalue weighted by Crippen LogP contribution is 2.29. The average molecular weight is 399 g/mol. The molecule has 2 aromatic carbocycles. The van der Waals surface area contributed by atoms with Crippen LogP contribution < -0.4 is 10.1 Å². The molecule has 3 aromatic rings. The predicted molar refractivity (Wildman–Crippen MR) is 115 cm³/mol. The summed E-state index contributed by atoms with van der Waals surface area (Å²) in [4.78, 5) is 1.40. The standard InChI is InChI=1S/C24H28FNOS/c1-17(2)27-22-12-8-20(9-13-22)23(19-6-10-21(25)11-7-19)14-15-26-18(3)24-5-4-16-28-24/h4-13,16-18,23,26H,14-15H2,1-3H3/p+1/t18-,23+/m1/s1. The van der Waals surface area contributed by atoms with Crippen molar-refractivity contribution in [2.24, 2.45) is 0 Å². The van der Waals surface area contributed by atoms with E-state index in [2.05, 4.69) is 41.9 Å². The molecule has 4 heteroatoms. The lowest BCUT2D eigenvalue weighted by Gasteiger charge is -2.19. The van der Waals surface area contributed by atoms with Crippen LogP contribution in [0.5, 0.6) is 5.75 Å². The van der Waals surface area contributed by atoms with E-state index in [1.54, 1.807) is 23.5 Å². The van der Waals surface area contributed by atoms with E-state index in [0.717, 1.165) is 24.3 Å². The van der Waals surface area contributed by atoms with Crippen LogP contribution in [0.4, 0.5) is 4.39 Å². The summed E-state index contributed by atoms with van der Waals surface area (Å²) in [5, 5.41) is 4.51. The average Bonchev–Trinajstić information content (AvgIpc) is 3.21. The molecule has 0 saturated heterocycles. The zero-order valence-corrected chi connectivity index (χ0v) is 17.6. The molecule has 2 N–H and O–H groups in total. The molecule has 0 aliphatic rings. The lowest BCUT2D eigenvalue weighted by molar-refractivity contribution is -0.692. The second kappa shape index (κ2) is 9.85. The minimum atomic E-state index is -0.193. The Morgan fingerprint density at radius 3 is 2.14 bits per heavy atom. The van der Waals surface area contributed by atoms with Gasteiger partial charge in [-0.15, -0.1) is 11.3 Å². The monoisotopic (exact) mass is 398 g/mol. The molecule has 0 aliphatic carbocycles. The van der Waals surface area contributed by atoms with E-state index in [9.17, 15) is 4.39 Å². The molecule has 148 valence electrons. The van der Waals surface area contributed by atoms with Gasteiger partial charge in [-0.05, 0) is 67.6 Å². The van der Waals surface area contributed by atoms with Crippen LogP contribution in [0.25, 0.3) is 0 Å². The Balaban J connectivity index is 1.72. The molecule has 0 fully saturated rings. The third kappa shape index (κ3) is 5.66. The number of quaternary nitrogens is 1. The van der Waals surface area contributed by atoms with Gasteiger partial charge in [0.25, 0.3) is 0 Å². The smallest absolute Gasteiger partial charge is 0.123 e. The molecule has 0 aliphatic heterocycles. The summed E-state index contributed by atoms with van der Waals surface area (Å²) >= 11 is 1.80. The summed E-state index contributed by atoms with van der Waals surface area (Å²) in [7, 11) is 0. The molecule has 0 bridgehead atoms. The van der Waals surface area contributed by atoms with Gasteiger partial charge in [0, 0.05) is 12.3 Å². The van der Waals surface area contributed by atoms with E-state index >= 15 is 0 Å². The number of thiophene rings is 1. The van der Waals surface area contributed by atoms with Crippen molar-refractivity contribution < 1.29 is 14.4 Å². The van der Waals surface area contributed by atoms with Gasteiger partial charge < -0.3 is 10.1 Å². The first-order valence-corrected chi connectivity index (χ1v) is 10.8. The molecule has 1 aromatic heterocycles. The van der Waals surface area contributed by atoms with Crippen LogP contribution in [0.1, 0.15) is 55.2 Å². The van der Waals surface area contributed by atoms with Gasteiger partial charge in [0.15, 0.2) is 0 Å². The number of hydrogen-bond donors (Lipinski definition) is 1. The van der Waals surface area contributed by atoms with Crippen LogP contribution in [0, 0.1) is 5.82 Å². The number of benzene rings is 2. The van der Waals surface area contributed by atoms with Gasteiger partial charge in [-0.2, -0.15) is 0 Å². The highest BCUT2D eigenvalue weighted by molar-refractivity contribution is 7.10. The molecule has 0 unspecified atom stereocenters. The van der Waals surface area contributed by atoms with Crippen LogP contribution in [-0.2, 0) is 0 Å². The summed E-state index contributed by atoms with van der Waals surface area (Å²) in [6, 6.07) is 20.0. The number of hydrogen-bond acceptors (Lipinski definition) is 2. The van der Waals surface area contributed by atoms with Gasteiger partial charge in [0.2, 0.25) is 0 Å². The maximum atomic E-state index is 13.4. The molecule has 0 saturated carbocycles. The third-order valence-corrected chi connectivity index (χ3v) is 5.97. The van der Waals surface area contributed by atoms with Gasteiger partial charge in [-0.3, -0.25) is 0 Å². The minimum absolute atomic E-state index is 0.159. The molecule has 0 amide bonds. The summed E-state index contributed by atoms with van der Waals surface area (Å²) in [6.07, 6.45) is 1.15. The Hall–Kier alpha value is -2.17. The van der Waals surface area contributed by atoms with Gasteiger partial charge >= 0.3 is 0 Å². The number of halogens is 1. The molecule has 28 heavy (non-hydrogen) atoms. The second-order valence-electron chi connectivity index (χ2n) is 7.46. The third-order valence-electron chi connectivity index (χ3n) is 4.89. The zero-order chi connectivity index (χ0) is 19.9. The number of nitrogens with two attached hydrogens (primary N) is 1. The van der Waals surface area contributed by atoms with Crippen LogP contribution in [0.2, 0.25) is 0 Å². The summed E-state index contributed by atoms with van der Waals surface area (Å²) in [5.74, 6) is 0.927. The van der Waals surface area contributed by atoms with E-state index < -0.39 is 0 Å². The van der Waals surface area contributed by atoms with E-state index in [1.807, 2.05) is 38.1 Å². The highest BCUT2D eigenvalue weighted by Gasteiger charge is 2.17. The summed E-state index contributed by atoms with van der Waals surface area (Å²) < 4.78 is 19.2. The Kier molecular flexibility index (Phi) is 7.24. The van der Waals surface area contributed by atoms with Gasteiger partial charge in [-0.1, -0.05) is 30.3 Å². The van der Waals surface area contributed by atoms with Gasteiger partial charge in [0.05, 0.1) is 17.5 Å². The quantitative estimate of drug-likeness (QED) is 0.504. The highest BCUT2D eigenvalue weighted by atomic mass is 32.1. The Bertz CT molecular complexity index is 828. The molecule has 0 radical (unpaired) electrons. The van der Waals surface area contributed by atoms with E-state index in [1.165, 1.54) is 10.4 Å². The van der Waals surface area contributed by atoms with Crippen molar-refractivity contribution in [1.29, 1.82) is 0 Å². The topological polar surface area (TPSA) is 25.8 Å². The van der Waals surface area contributed by atoms with Crippen molar-refractivity contribution in [2.45, 2.75) is 45.3 Å². The molecule has 2 atom stereocenters. The fourth-order valence-corrected chi connectivity index (χ4v) is 4.23. The largest absolute Gasteiger partial charge is 0.491 e. The molecule has 0 spiro atoms. The van der Waals surface area contributed by atoms with Crippen molar-refractivity contribution in [3.8, 4) is 5.75 Å². The first-order chi connectivity index (χ1) is 13.5. The molecule has 2 nitrogen and oxygen atoms in total. The van der Waals surface area contributed by atoms with E-state index in [4.69, 9.17) is 4.74 Å². The maximum absolute atomic E-state index is 13.4. The van der Waals surface area contributed by atoms with Crippen LogP contribution in [0.15, 0.2) is 66.0 Å².